The van der Waals surface area contributed by atoms with Gasteiger partial charge in [-0.05, 0) is 24.6 Å². The summed E-state index contributed by atoms with van der Waals surface area (Å²) in [4.78, 5) is 3.73. The minimum Gasteiger partial charge on any atom is -0.329 e. The molecule has 0 aliphatic carbocycles. The molecule has 0 aliphatic heterocycles. The second-order valence-electron chi connectivity index (χ2n) is 4.49. The van der Waals surface area contributed by atoms with E-state index in [0.717, 1.165) is 17.4 Å². The van der Waals surface area contributed by atoms with Crippen molar-refractivity contribution in [2.45, 2.75) is 33.2 Å². The fourth-order valence-electron chi connectivity index (χ4n) is 1.96. The molecule has 1 rings (SSSR count). The lowest BCUT2D eigenvalue weighted by molar-refractivity contribution is 0.185. The Balaban J connectivity index is 2.76. The third-order valence-corrected chi connectivity index (χ3v) is 4.57. The molecule has 0 fully saturated rings. The zero-order valence-electron chi connectivity index (χ0n) is 10.9. The van der Waals surface area contributed by atoms with Crippen LogP contribution in [-0.4, -0.2) is 24.5 Å². The van der Waals surface area contributed by atoms with Gasteiger partial charge in [-0.25, -0.2) is 0 Å². The number of hydrogen-bond donors (Lipinski definition) is 1. The molecule has 0 saturated heterocycles. The molecule has 0 aliphatic rings. The van der Waals surface area contributed by atoms with Crippen molar-refractivity contribution in [2.24, 2.45) is 11.7 Å². The van der Waals surface area contributed by atoms with E-state index in [-0.39, 0.29) is 0 Å². The maximum Gasteiger partial charge on any atom is 0.0931 e. The number of rotatable bonds is 7. The highest BCUT2D eigenvalue weighted by Gasteiger charge is 2.20. The van der Waals surface area contributed by atoms with Crippen LogP contribution >= 0.6 is 22.9 Å². The van der Waals surface area contributed by atoms with Crippen LogP contribution in [0.5, 0.6) is 0 Å². The Bertz CT molecular complexity index is 327. The molecule has 0 radical (unpaired) electrons. The molecule has 2 unspecified atom stereocenters. The van der Waals surface area contributed by atoms with Crippen LogP contribution in [0.25, 0.3) is 0 Å². The van der Waals surface area contributed by atoms with Crippen LogP contribution in [0.15, 0.2) is 12.1 Å². The molecular formula is C13H23ClN2S. The number of likely N-dealkylation sites (N-methyl/N-ethyl adjacent to an activating group) is 1. The van der Waals surface area contributed by atoms with Gasteiger partial charge < -0.3 is 5.73 Å². The Morgan fingerprint density at radius 2 is 2.12 bits per heavy atom. The lowest BCUT2D eigenvalue weighted by Gasteiger charge is -2.31. The van der Waals surface area contributed by atoms with Crippen LogP contribution in [0.3, 0.4) is 0 Å². The predicted molar refractivity (Wildman–Crippen MR) is 77.8 cm³/mol. The van der Waals surface area contributed by atoms with E-state index in [1.807, 2.05) is 6.07 Å². The molecule has 4 heteroatoms. The number of nitrogens with zero attached hydrogens (tertiary/aromatic N) is 1. The van der Waals surface area contributed by atoms with Gasteiger partial charge in [-0.2, -0.15) is 0 Å². The van der Waals surface area contributed by atoms with Crippen molar-refractivity contribution < 1.29 is 0 Å². The van der Waals surface area contributed by atoms with Crippen LogP contribution < -0.4 is 5.73 Å². The first-order chi connectivity index (χ1) is 8.12. The molecular weight excluding hydrogens is 252 g/mol. The summed E-state index contributed by atoms with van der Waals surface area (Å²) in [5.41, 5.74) is 5.93. The molecule has 0 spiro atoms. The standard InChI is InChI=1S/C13H23ClN2S/c1-4-10(3)9-16(5-2)11(8-15)12-6-7-13(14)17-12/h6-7,10-11H,4-5,8-9,15H2,1-3H3. The molecule has 98 valence electrons. The van der Waals surface area contributed by atoms with Gasteiger partial charge in [0.2, 0.25) is 0 Å². The topological polar surface area (TPSA) is 29.3 Å². The van der Waals surface area contributed by atoms with Crippen LogP contribution in [-0.2, 0) is 0 Å². The van der Waals surface area contributed by atoms with Crippen LogP contribution in [0.1, 0.15) is 38.1 Å². The summed E-state index contributed by atoms with van der Waals surface area (Å²) in [5.74, 6) is 0.708. The zero-order chi connectivity index (χ0) is 12.8. The average Bonchev–Trinajstić information content (AvgIpc) is 2.75. The number of halogens is 1. The van der Waals surface area contributed by atoms with E-state index in [2.05, 4.69) is 31.7 Å². The van der Waals surface area contributed by atoms with Gasteiger partial charge in [-0.1, -0.05) is 38.8 Å². The zero-order valence-corrected chi connectivity index (χ0v) is 12.5. The molecule has 1 aromatic heterocycles. The van der Waals surface area contributed by atoms with Crippen LogP contribution in [0.2, 0.25) is 4.34 Å². The van der Waals surface area contributed by atoms with Crippen LogP contribution in [0.4, 0.5) is 0 Å². The summed E-state index contributed by atoms with van der Waals surface area (Å²) in [6.45, 7) is 9.50. The van der Waals surface area contributed by atoms with Gasteiger partial charge in [0.1, 0.15) is 0 Å². The second-order valence-corrected chi connectivity index (χ2v) is 6.24. The van der Waals surface area contributed by atoms with Gasteiger partial charge in [0.05, 0.1) is 10.4 Å². The number of hydrogen-bond acceptors (Lipinski definition) is 3. The largest absolute Gasteiger partial charge is 0.329 e. The number of thiophene rings is 1. The van der Waals surface area contributed by atoms with Crippen molar-refractivity contribution >= 4 is 22.9 Å². The maximum absolute atomic E-state index is 6.00. The van der Waals surface area contributed by atoms with Gasteiger partial charge >= 0.3 is 0 Å². The summed E-state index contributed by atoms with van der Waals surface area (Å²) in [6, 6.07) is 4.37. The molecule has 2 atom stereocenters. The SMILES string of the molecule is CCC(C)CN(CC)C(CN)c1ccc(Cl)s1. The van der Waals surface area contributed by atoms with Crippen molar-refractivity contribution in [3.8, 4) is 0 Å². The van der Waals surface area contributed by atoms with Gasteiger partial charge in [0, 0.05) is 18.0 Å². The lowest BCUT2D eigenvalue weighted by atomic mass is 10.1. The lowest BCUT2D eigenvalue weighted by Crippen LogP contribution is -2.36. The summed E-state index contributed by atoms with van der Waals surface area (Å²) in [6.07, 6.45) is 1.21. The molecule has 0 aromatic carbocycles. The van der Waals surface area contributed by atoms with E-state index in [4.69, 9.17) is 17.3 Å². The first kappa shape index (κ1) is 15.0. The molecule has 1 aromatic rings. The van der Waals surface area contributed by atoms with Crippen molar-refractivity contribution in [2.75, 3.05) is 19.6 Å². The van der Waals surface area contributed by atoms with Gasteiger partial charge in [-0.3, -0.25) is 4.90 Å². The van der Waals surface area contributed by atoms with Gasteiger partial charge in [0.25, 0.3) is 0 Å². The fraction of sp³-hybridized carbons (Fsp3) is 0.692. The highest BCUT2D eigenvalue weighted by molar-refractivity contribution is 7.16. The third-order valence-electron chi connectivity index (χ3n) is 3.24. The van der Waals surface area contributed by atoms with Gasteiger partial charge in [-0.15, -0.1) is 11.3 Å². The van der Waals surface area contributed by atoms with E-state index in [1.54, 1.807) is 11.3 Å². The smallest absolute Gasteiger partial charge is 0.0931 e. The Kier molecular flexibility index (Phi) is 6.49. The van der Waals surface area contributed by atoms with Crippen molar-refractivity contribution in [1.29, 1.82) is 0 Å². The maximum atomic E-state index is 6.00. The minimum absolute atomic E-state index is 0.312. The normalized spacial score (nSPS) is 15.2. The molecule has 2 N–H and O–H groups in total. The predicted octanol–water partition coefficient (Wildman–Crippen LogP) is 3.77. The molecule has 1 heterocycles. The van der Waals surface area contributed by atoms with Crippen LogP contribution in [0, 0.1) is 5.92 Å². The first-order valence-corrected chi connectivity index (χ1v) is 7.51. The van der Waals surface area contributed by atoms with E-state index in [0.29, 0.717) is 18.5 Å². The summed E-state index contributed by atoms with van der Waals surface area (Å²) < 4.78 is 0.845. The Morgan fingerprint density at radius 3 is 2.53 bits per heavy atom. The van der Waals surface area contributed by atoms with Crippen molar-refractivity contribution in [3.05, 3.63) is 21.3 Å². The van der Waals surface area contributed by atoms with E-state index < -0.39 is 0 Å². The minimum atomic E-state index is 0.312. The highest BCUT2D eigenvalue weighted by atomic mass is 35.5. The van der Waals surface area contributed by atoms with E-state index in [1.165, 1.54) is 11.3 Å². The Labute approximate surface area is 114 Å². The Hall–Kier alpha value is -0.0900. The van der Waals surface area contributed by atoms with Gasteiger partial charge in [0.15, 0.2) is 0 Å². The summed E-state index contributed by atoms with van der Waals surface area (Å²) in [7, 11) is 0. The van der Waals surface area contributed by atoms with E-state index >= 15 is 0 Å². The molecule has 2 nitrogen and oxygen atoms in total. The molecule has 17 heavy (non-hydrogen) atoms. The molecule has 0 saturated carbocycles. The number of nitrogens with two attached hydrogens (primary N) is 1. The van der Waals surface area contributed by atoms with E-state index in [9.17, 15) is 0 Å². The third kappa shape index (κ3) is 4.25. The second kappa shape index (κ2) is 7.37. The Morgan fingerprint density at radius 1 is 1.41 bits per heavy atom. The summed E-state index contributed by atoms with van der Waals surface area (Å²) >= 11 is 7.64. The summed E-state index contributed by atoms with van der Waals surface area (Å²) in [5, 5.41) is 0. The molecule has 0 amide bonds. The van der Waals surface area contributed by atoms with Crippen molar-refractivity contribution in [1.82, 2.24) is 4.90 Å². The highest BCUT2D eigenvalue weighted by Crippen LogP contribution is 2.30. The quantitative estimate of drug-likeness (QED) is 0.820. The molecule has 0 bridgehead atoms. The monoisotopic (exact) mass is 274 g/mol. The first-order valence-electron chi connectivity index (χ1n) is 6.31. The fourth-order valence-corrected chi connectivity index (χ4v) is 3.17. The average molecular weight is 275 g/mol. The van der Waals surface area contributed by atoms with Crippen molar-refractivity contribution in [3.63, 3.8) is 0 Å².